The number of halogens is 3. The summed E-state index contributed by atoms with van der Waals surface area (Å²) in [7, 11) is 0. The van der Waals surface area contributed by atoms with Crippen LogP contribution < -0.4 is 5.32 Å². The van der Waals surface area contributed by atoms with Gasteiger partial charge in [-0.2, -0.15) is 30.9 Å². The quantitative estimate of drug-likeness (QED) is 0.835. The fourth-order valence-electron chi connectivity index (χ4n) is 1.52. The van der Waals surface area contributed by atoms with Crippen LogP contribution in [0, 0.1) is 6.92 Å². The summed E-state index contributed by atoms with van der Waals surface area (Å²) < 4.78 is 39.0. The summed E-state index contributed by atoms with van der Waals surface area (Å²) in [5, 5.41) is 6.07. The summed E-state index contributed by atoms with van der Waals surface area (Å²) in [5.74, 6) is 0.0473. The SMILES string of the molecule is Cc1cn(C(C)(C)C(=O)NCCS)nc1C(F)(F)F. The van der Waals surface area contributed by atoms with E-state index in [-0.39, 0.29) is 5.56 Å². The first-order valence-electron chi connectivity index (χ1n) is 5.63. The van der Waals surface area contributed by atoms with Crippen LogP contribution in [0.3, 0.4) is 0 Å². The Labute approximate surface area is 114 Å². The Kier molecular flexibility index (Phi) is 4.54. The van der Waals surface area contributed by atoms with Crippen molar-refractivity contribution in [2.24, 2.45) is 0 Å². The van der Waals surface area contributed by atoms with Gasteiger partial charge in [-0.25, -0.2) is 0 Å². The number of hydrogen-bond donors (Lipinski definition) is 2. The maximum atomic E-state index is 12.7. The minimum Gasteiger partial charge on any atom is -0.353 e. The monoisotopic (exact) mass is 295 g/mol. The van der Waals surface area contributed by atoms with E-state index in [0.29, 0.717) is 12.3 Å². The lowest BCUT2D eigenvalue weighted by Crippen LogP contribution is -2.45. The fourth-order valence-corrected chi connectivity index (χ4v) is 1.63. The van der Waals surface area contributed by atoms with Crippen LogP contribution in [0.5, 0.6) is 0 Å². The Morgan fingerprint density at radius 2 is 2.05 bits per heavy atom. The van der Waals surface area contributed by atoms with Gasteiger partial charge < -0.3 is 5.32 Å². The smallest absolute Gasteiger partial charge is 0.353 e. The molecule has 8 heteroatoms. The van der Waals surface area contributed by atoms with Crippen molar-refractivity contribution in [3.63, 3.8) is 0 Å². The number of aromatic nitrogens is 2. The third kappa shape index (κ3) is 3.43. The molecule has 0 saturated carbocycles. The van der Waals surface area contributed by atoms with Crippen LogP contribution >= 0.6 is 12.6 Å². The number of carbonyl (C=O) groups is 1. The van der Waals surface area contributed by atoms with Crippen molar-refractivity contribution in [1.82, 2.24) is 15.1 Å². The highest BCUT2D eigenvalue weighted by atomic mass is 32.1. The Hall–Kier alpha value is -1.18. The highest BCUT2D eigenvalue weighted by Gasteiger charge is 2.39. The highest BCUT2D eigenvalue weighted by molar-refractivity contribution is 7.80. The van der Waals surface area contributed by atoms with Gasteiger partial charge in [-0.05, 0) is 26.3 Å². The summed E-state index contributed by atoms with van der Waals surface area (Å²) in [5.41, 5.74) is -2.18. The highest BCUT2D eigenvalue weighted by Crippen LogP contribution is 2.31. The number of thiol groups is 1. The molecule has 1 amide bonds. The molecule has 0 aromatic carbocycles. The van der Waals surface area contributed by atoms with Gasteiger partial charge in [0.25, 0.3) is 0 Å². The van der Waals surface area contributed by atoms with Crippen molar-refractivity contribution < 1.29 is 18.0 Å². The van der Waals surface area contributed by atoms with E-state index in [0.717, 1.165) is 4.68 Å². The minimum absolute atomic E-state index is 0.0115. The molecule has 1 N–H and O–H groups in total. The molecule has 4 nitrogen and oxygen atoms in total. The zero-order valence-corrected chi connectivity index (χ0v) is 11.8. The Morgan fingerprint density at radius 1 is 1.47 bits per heavy atom. The van der Waals surface area contributed by atoms with Crippen molar-refractivity contribution in [3.8, 4) is 0 Å². The standard InChI is InChI=1S/C11H16F3N3OS/c1-7-6-17(16-8(7)11(12,13)14)10(2,3)9(18)15-4-5-19/h6,19H,4-5H2,1-3H3,(H,15,18). The third-order valence-corrected chi connectivity index (χ3v) is 2.92. The lowest BCUT2D eigenvalue weighted by Gasteiger charge is -2.24. The zero-order valence-electron chi connectivity index (χ0n) is 10.9. The van der Waals surface area contributed by atoms with Gasteiger partial charge in [0, 0.05) is 18.5 Å². The van der Waals surface area contributed by atoms with Crippen molar-refractivity contribution in [2.45, 2.75) is 32.5 Å². The number of carbonyl (C=O) groups excluding carboxylic acids is 1. The van der Waals surface area contributed by atoms with E-state index in [1.165, 1.54) is 27.0 Å². The summed E-state index contributed by atoms with van der Waals surface area (Å²) in [4.78, 5) is 11.9. The molecule has 0 aliphatic heterocycles. The molecular formula is C11H16F3N3OS. The van der Waals surface area contributed by atoms with Crippen LogP contribution in [0.1, 0.15) is 25.1 Å². The molecule has 0 unspecified atom stereocenters. The molecule has 0 bridgehead atoms. The number of nitrogens with zero attached hydrogens (tertiary/aromatic N) is 2. The minimum atomic E-state index is -4.52. The van der Waals surface area contributed by atoms with E-state index in [4.69, 9.17) is 0 Å². The van der Waals surface area contributed by atoms with Gasteiger partial charge in [0.2, 0.25) is 5.91 Å². The maximum Gasteiger partial charge on any atom is 0.435 e. The predicted molar refractivity (Wildman–Crippen MR) is 68.2 cm³/mol. The molecule has 0 spiro atoms. The first kappa shape index (κ1) is 15.9. The van der Waals surface area contributed by atoms with E-state index in [9.17, 15) is 18.0 Å². The van der Waals surface area contributed by atoms with Crippen LogP contribution in [0.15, 0.2) is 6.20 Å². The van der Waals surface area contributed by atoms with E-state index >= 15 is 0 Å². The second-order valence-corrected chi connectivity index (χ2v) is 5.09. The lowest BCUT2D eigenvalue weighted by atomic mass is 10.1. The normalized spacial score (nSPS) is 12.6. The molecule has 1 aromatic heterocycles. The lowest BCUT2D eigenvalue weighted by molar-refractivity contribution is -0.142. The summed E-state index contributed by atoms with van der Waals surface area (Å²) in [6, 6.07) is 0. The average molecular weight is 295 g/mol. The average Bonchev–Trinajstić information content (AvgIpc) is 2.68. The molecule has 1 heterocycles. The Bertz CT molecular complexity index is 468. The molecule has 108 valence electrons. The van der Waals surface area contributed by atoms with Gasteiger partial charge in [-0.1, -0.05) is 0 Å². The van der Waals surface area contributed by atoms with Gasteiger partial charge >= 0.3 is 6.18 Å². The molecule has 0 aliphatic carbocycles. The second-order valence-electron chi connectivity index (χ2n) is 4.64. The van der Waals surface area contributed by atoms with Crippen molar-refractivity contribution >= 4 is 18.5 Å². The topological polar surface area (TPSA) is 46.9 Å². The van der Waals surface area contributed by atoms with Crippen LogP contribution in [-0.4, -0.2) is 28.0 Å². The van der Waals surface area contributed by atoms with Crippen molar-refractivity contribution in [3.05, 3.63) is 17.5 Å². The number of amides is 1. The van der Waals surface area contributed by atoms with E-state index in [1.54, 1.807) is 0 Å². The molecule has 0 saturated heterocycles. The largest absolute Gasteiger partial charge is 0.435 e. The Balaban J connectivity index is 3.06. The van der Waals surface area contributed by atoms with Gasteiger partial charge in [-0.3, -0.25) is 9.48 Å². The molecule has 0 atom stereocenters. The van der Waals surface area contributed by atoms with E-state index < -0.39 is 23.3 Å². The predicted octanol–water partition coefficient (Wildman–Crippen LogP) is 1.99. The summed E-state index contributed by atoms with van der Waals surface area (Å²) >= 11 is 3.95. The molecule has 0 aliphatic rings. The summed E-state index contributed by atoms with van der Waals surface area (Å²) in [6.45, 7) is 4.67. The van der Waals surface area contributed by atoms with Crippen molar-refractivity contribution in [2.75, 3.05) is 12.3 Å². The first-order chi connectivity index (χ1) is 8.60. The number of hydrogen-bond acceptors (Lipinski definition) is 3. The van der Waals surface area contributed by atoms with Crippen LogP contribution in [0.2, 0.25) is 0 Å². The van der Waals surface area contributed by atoms with Gasteiger partial charge in [-0.15, -0.1) is 0 Å². The molecule has 1 aromatic rings. The van der Waals surface area contributed by atoms with Gasteiger partial charge in [0.15, 0.2) is 5.69 Å². The molecule has 19 heavy (non-hydrogen) atoms. The first-order valence-corrected chi connectivity index (χ1v) is 6.27. The molecule has 0 fully saturated rings. The van der Waals surface area contributed by atoms with Crippen LogP contribution in [0.25, 0.3) is 0 Å². The van der Waals surface area contributed by atoms with Crippen LogP contribution in [-0.2, 0) is 16.5 Å². The number of rotatable bonds is 4. The number of aryl methyl sites for hydroxylation is 1. The van der Waals surface area contributed by atoms with E-state index in [1.807, 2.05) is 0 Å². The van der Waals surface area contributed by atoms with E-state index in [2.05, 4.69) is 23.0 Å². The van der Waals surface area contributed by atoms with Crippen LogP contribution in [0.4, 0.5) is 13.2 Å². The van der Waals surface area contributed by atoms with Gasteiger partial charge in [0.1, 0.15) is 5.54 Å². The second kappa shape index (κ2) is 5.44. The molecular weight excluding hydrogens is 279 g/mol. The number of alkyl halides is 3. The fraction of sp³-hybridized carbons (Fsp3) is 0.636. The van der Waals surface area contributed by atoms with Gasteiger partial charge in [0.05, 0.1) is 0 Å². The Morgan fingerprint density at radius 3 is 2.47 bits per heavy atom. The van der Waals surface area contributed by atoms with Crippen molar-refractivity contribution in [1.29, 1.82) is 0 Å². The zero-order chi connectivity index (χ0) is 14.8. The molecule has 1 rings (SSSR count). The maximum absolute atomic E-state index is 12.7. The third-order valence-electron chi connectivity index (χ3n) is 2.69. The summed E-state index contributed by atoms with van der Waals surface area (Å²) in [6.07, 6.45) is -3.30. The number of nitrogens with one attached hydrogen (secondary N) is 1. The molecule has 0 radical (unpaired) electrons.